The second-order valence-corrected chi connectivity index (χ2v) is 7.98. The molecule has 7 heteroatoms. The number of amides is 2. The van der Waals surface area contributed by atoms with E-state index >= 15 is 0 Å². The van der Waals surface area contributed by atoms with Crippen molar-refractivity contribution in [2.45, 2.75) is 19.0 Å². The second kappa shape index (κ2) is 12.1. The first-order valence-electron chi connectivity index (χ1n) is 10.6. The summed E-state index contributed by atoms with van der Waals surface area (Å²) >= 11 is 5.97. The standard InChI is InChI=1S/C26H26ClFN2O3/c1-33-16-15-29-26(32)25(21-5-3-2-4-6-21)30(18-20-9-13-23(28)14-10-20)24(31)17-19-7-11-22(27)12-8-19/h2-14,25H,15-18H2,1H3,(H,29,32)/t25-/m0/s1. The Labute approximate surface area is 198 Å². The average Bonchev–Trinajstić information content (AvgIpc) is 2.82. The lowest BCUT2D eigenvalue weighted by Crippen LogP contribution is -2.44. The zero-order valence-corrected chi connectivity index (χ0v) is 19.1. The van der Waals surface area contributed by atoms with Crippen LogP contribution in [0.2, 0.25) is 5.02 Å². The van der Waals surface area contributed by atoms with Gasteiger partial charge in [-0.05, 0) is 41.0 Å². The molecule has 3 aromatic carbocycles. The van der Waals surface area contributed by atoms with E-state index in [2.05, 4.69) is 5.32 Å². The fraction of sp³-hybridized carbons (Fsp3) is 0.231. The van der Waals surface area contributed by atoms with Crippen LogP contribution in [0.5, 0.6) is 0 Å². The third kappa shape index (κ3) is 7.14. The first kappa shape index (κ1) is 24.4. The summed E-state index contributed by atoms with van der Waals surface area (Å²) in [5.41, 5.74) is 2.17. The smallest absolute Gasteiger partial charge is 0.247 e. The lowest BCUT2D eigenvalue weighted by atomic mass is 10.0. The molecule has 0 aliphatic rings. The number of halogens is 2. The molecule has 0 spiro atoms. The van der Waals surface area contributed by atoms with Crippen molar-refractivity contribution in [2.75, 3.05) is 20.3 Å². The Hall–Kier alpha value is -3.22. The minimum Gasteiger partial charge on any atom is -0.383 e. The quantitative estimate of drug-likeness (QED) is 0.444. The van der Waals surface area contributed by atoms with Gasteiger partial charge in [0.15, 0.2) is 0 Å². The number of nitrogens with zero attached hydrogens (tertiary/aromatic N) is 1. The number of benzene rings is 3. The molecule has 0 unspecified atom stereocenters. The molecular weight excluding hydrogens is 443 g/mol. The van der Waals surface area contributed by atoms with Gasteiger partial charge in [-0.25, -0.2) is 4.39 Å². The van der Waals surface area contributed by atoms with Gasteiger partial charge in [0, 0.05) is 25.2 Å². The number of carbonyl (C=O) groups is 2. The molecule has 0 bridgehead atoms. The highest BCUT2D eigenvalue weighted by Crippen LogP contribution is 2.25. The molecule has 0 aliphatic heterocycles. The molecule has 0 aromatic heterocycles. The van der Waals surface area contributed by atoms with Crippen molar-refractivity contribution in [3.8, 4) is 0 Å². The molecule has 3 rings (SSSR count). The first-order chi connectivity index (χ1) is 16.0. The Morgan fingerprint density at radius 3 is 2.24 bits per heavy atom. The summed E-state index contributed by atoms with van der Waals surface area (Å²) < 4.78 is 18.5. The van der Waals surface area contributed by atoms with Crippen LogP contribution in [0.1, 0.15) is 22.7 Å². The second-order valence-electron chi connectivity index (χ2n) is 7.55. The molecule has 0 fully saturated rings. The van der Waals surface area contributed by atoms with E-state index in [0.717, 1.165) is 5.56 Å². The minimum atomic E-state index is -0.868. The van der Waals surface area contributed by atoms with Crippen LogP contribution in [-0.4, -0.2) is 37.0 Å². The van der Waals surface area contributed by atoms with Crippen molar-refractivity contribution in [2.24, 2.45) is 0 Å². The molecule has 0 saturated carbocycles. The van der Waals surface area contributed by atoms with Crippen molar-refractivity contribution < 1.29 is 18.7 Å². The number of hydrogen-bond acceptors (Lipinski definition) is 3. The first-order valence-corrected chi connectivity index (χ1v) is 11.0. The van der Waals surface area contributed by atoms with Gasteiger partial charge >= 0.3 is 0 Å². The lowest BCUT2D eigenvalue weighted by Gasteiger charge is -2.32. The van der Waals surface area contributed by atoms with Gasteiger partial charge in [0.05, 0.1) is 13.0 Å². The lowest BCUT2D eigenvalue weighted by molar-refractivity contribution is -0.141. The number of methoxy groups -OCH3 is 1. The highest BCUT2D eigenvalue weighted by Gasteiger charge is 2.31. The Balaban J connectivity index is 1.96. The summed E-state index contributed by atoms with van der Waals surface area (Å²) in [6, 6.07) is 21.2. The summed E-state index contributed by atoms with van der Waals surface area (Å²) in [5, 5.41) is 3.43. The van der Waals surface area contributed by atoms with Crippen LogP contribution >= 0.6 is 11.6 Å². The Morgan fingerprint density at radius 2 is 1.61 bits per heavy atom. The zero-order chi connectivity index (χ0) is 23.6. The van der Waals surface area contributed by atoms with Gasteiger partial charge in [0.25, 0.3) is 0 Å². The topological polar surface area (TPSA) is 58.6 Å². The maximum Gasteiger partial charge on any atom is 0.247 e. The van der Waals surface area contributed by atoms with E-state index in [1.54, 1.807) is 43.5 Å². The monoisotopic (exact) mass is 468 g/mol. The van der Waals surface area contributed by atoms with Crippen LogP contribution in [0.4, 0.5) is 4.39 Å². The fourth-order valence-corrected chi connectivity index (χ4v) is 3.60. The van der Waals surface area contributed by atoms with Gasteiger partial charge in [0.1, 0.15) is 11.9 Å². The van der Waals surface area contributed by atoms with Crippen LogP contribution < -0.4 is 5.32 Å². The zero-order valence-electron chi connectivity index (χ0n) is 18.3. The van der Waals surface area contributed by atoms with Gasteiger partial charge < -0.3 is 15.0 Å². The summed E-state index contributed by atoms with van der Waals surface area (Å²) in [6.45, 7) is 0.808. The van der Waals surface area contributed by atoms with Crippen molar-refractivity contribution in [3.63, 3.8) is 0 Å². The summed E-state index contributed by atoms with van der Waals surface area (Å²) in [5.74, 6) is -0.920. The van der Waals surface area contributed by atoms with Crippen LogP contribution in [0.3, 0.4) is 0 Å². The van der Waals surface area contributed by atoms with E-state index < -0.39 is 6.04 Å². The molecule has 0 aliphatic carbocycles. The highest BCUT2D eigenvalue weighted by atomic mass is 35.5. The van der Waals surface area contributed by atoms with E-state index in [1.165, 1.54) is 17.0 Å². The molecule has 5 nitrogen and oxygen atoms in total. The predicted molar refractivity (Wildman–Crippen MR) is 126 cm³/mol. The molecule has 1 atom stereocenters. The van der Waals surface area contributed by atoms with E-state index in [9.17, 15) is 14.0 Å². The molecule has 1 N–H and O–H groups in total. The molecular formula is C26H26ClFN2O3. The van der Waals surface area contributed by atoms with Crippen LogP contribution in [0.25, 0.3) is 0 Å². The van der Waals surface area contributed by atoms with Gasteiger partial charge in [-0.15, -0.1) is 0 Å². The molecule has 0 heterocycles. The van der Waals surface area contributed by atoms with Crippen LogP contribution in [-0.2, 0) is 27.3 Å². The maximum absolute atomic E-state index is 13.5. The summed E-state index contributed by atoms with van der Waals surface area (Å²) in [4.78, 5) is 28.3. The highest BCUT2D eigenvalue weighted by molar-refractivity contribution is 6.30. The normalized spacial score (nSPS) is 11.6. The van der Waals surface area contributed by atoms with Crippen LogP contribution in [0.15, 0.2) is 78.9 Å². The van der Waals surface area contributed by atoms with E-state index in [-0.39, 0.29) is 30.6 Å². The van der Waals surface area contributed by atoms with Crippen molar-refractivity contribution in [3.05, 3.63) is 106 Å². The Kier molecular flexibility index (Phi) is 8.98. The van der Waals surface area contributed by atoms with Gasteiger partial charge in [-0.3, -0.25) is 9.59 Å². The third-order valence-corrected chi connectivity index (χ3v) is 5.39. The Bertz CT molecular complexity index is 1040. The van der Waals surface area contributed by atoms with Gasteiger partial charge in [-0.1, -0.05) is 66.2 Å². The Morgan fingerprint density at radius 1 is 0.970 bits per heavy atom. The number of hydrogen-bond donors (Lipinski definition) is 1. The van der Waals surface area contributed by atoms with Crippen molar-refractivity contribution in [1.82, 2.24) is 10.2 Å². The summed E-state index contributed by atoms with van der Waals surface area (Å²) in [6.07, 6.45) is 0.0903. The van der Waals surface area contributed by atoms with Crippen molar-refractivity contribution >= 4 is 23.4 Å². The molecule has 0 saturated heterocycles. The largest absolute Gasteiger partial charge is 0.383 e. The van der Waals surface area contributed by atoms with Crippen molar-refractivity contribution in [1.29, 1.82) is 0 Å². The molecule has 0 radical (unpaired) electrons. The molecule has 172 valence electrons. The fourth-order valence-electron chi connectivity index (χ4n) is 3.47. The molecule has 33 heavy (non-hydrogen) atoms. The SMILES string of the molecule is COCCNC(=O)[C@H](c1ccccc1)N(Cc1ccc(F)cc1)C(=O)Cc1ccc(Cl)cc1. The minimum absolute atomic E-state index is 0.0903. The summed E-state index contributed by atoms with van der Waals surface area (Å²) in [7, 11) is 1.55. The third-order valence-electron chi connectivity index (χ3n) is 5.14. The number of nitrogens with one attached hydrogen (secondary N) is 1. The number of ether oxygens (including phenoxy) is 1. The van der Waals surface area contributed by atoms with E-state index in [0.29, 0.717) is 29.3 Å². The number of rotatable bonds is 10. The van der Waals surface area contributed by atoms with Crippen LogP contribution in [0, 0.1) is 5.82 Å². The average molecular weight is 469 g/mol. The van der Waals surface area contributed by atoms with Gasteiger partial charge in [0.2, 0.25) is 11.8 Å². The maximum atomic E-state index is 13.5. The van der Waals surface area contributed by atoms with E-state index in [1.807, 2.05) is 30.3 Å². The van der Waals surface area contributed by atoms with E-state index in [4.69, 9.17) is 16.3 Å². The molecule has 2 amide bonds. The molecule has 3 aromatic rings. The predicted octanol–water partition coefficient (Wildman–Crippen LogP) is 4.55. The number of carbonyl (C=O) groups excluding carboxylic acids is 2. The van der Waals surface area contributed by atoms with Gasteiger partial charge in [-0.2, -0.15) is 0 Å².